The predicted molar refractivity (Wildman–Crippen MR) is 112 cm³/mol. The molecule has 3 heterocycles. The Morgan fingerprint density at radius 3 is 2.83 bits per heavy atom. The van der Waals surface area contributed by atoms with Crippen molar-refractivity contribution in [1.29, 1.82) is 0 Å². The van der Waals surface area contributed by atoms with E-state index in [1.54, 1.807) is 29.2 Å². The van der Waals surface area contributed by atoms with E-state index in [1.807, 2.05) is 30.3 Å². The largest absolute Gasteiger partial charge is 0.451 e. The highest BCUT2D eigenvalue weighted by Crippen LogP contribution is 2.22. The molecule has 4 aromatic rings. The van der Waals surface area contributed by atoms with E-state index in [4.69, 9.17) is 9.15 Å². The molecular formula is C23H21N3O4. The van der Waals surface area contributed by atoms with Crippen LogP contribution in [0.1, 0.15) is 29.2 Å². The normalized spacial score (nSPS) is 16.3. The number of nitrogens with zero attached hydrogens (tertiary/aromatic N) is 2. The Hall–Kier alpha value is -3.45. The number of ether oxygens (including phenoxy) is 1. The molecule has 152 valence electrons. The molecule has 1 saturated heterocycles. The van der Waals surface area contributed by atoms with Gasteiger partial charge in [0.2, 0.25) is 0 Å². The average molecular weight is 403 g/mol. The molecule has 1 atom stereocenters. The molecule has 2 aromatic carbocycles. The third-order valence-electron chi connectivity index (χ3n) is 5.37. The van der Waals surface area contributed by atoms with Crippen LogP contribution in [-0.2, 0) is 11.3 Å². The summed E-state index contributed by atoms with van der Waals surface area (Å²) in [4.78, 5) is 34.7. The van der Waals surface area contributed by atoms with Crippen LogP contribution in [0.5, 0.6) is 0 Å². The lowest BCUT2D eigenvalue weighted by Gasteiger charge is -2.24. The van der Waals surface area contributed by atoms with Gasteiger partial charge in [-0.1, -0.05) is 30.3 Å². The first-order valence-corrected chi connectivity index (χ1v) is 10.0. The maximum atomic E-state index is 13.3. The van der Waals surface area contributed by atoms with Crippen molar-refractivity contribution in [2.75, 3.05) is 13.2 Å². The van der Waals surface area contributed by atoms with Crippen molar-refractivity contribution in [3.05, 3.63) is 76.5 Å². The van der Waals surface area contributed by atoms with E-state index in [0.717, 1.165) is 18.2 Å². The summed E-state index contributed by atoms with van der Waals surface area (Å²) in [6.45, 7) is 1.27. The molecular weight excluding hydrogens is 382 g/mol. The van der Waals surface area contributed by atoms with Crippen molar-refractivity contribution in [3.8, 4) is 0 Å². The highest BCUT2D eigenvalue weighted by Gasteiger charge is 2.26. The number of furan rings is 1. The van der Waals surface area contributed by atoms with Crippen molar-refractivity contribution in [2.24, 2.45) is 0 Å². The van der Waals surface area contributed by atoms with Gasteiger partial charge in [-0.2, -0.15) is 0 Å². The zero-order valence-electron chi connectivity index (χ0n) is 16.3. The van der Waals surface area contributed by atoms with Gasteiger partial charge in [-0.25, -0.2) is 4.98 Å². The molecule has 7 heteroatoms. The van der Waals surface area contributed by atoms with Gasteiger partial charge in [0.25, 0.3) is 11.5 Å². The van der Waals surface area contributed by atoms with Crippen LogP contribution in [-0.4, -0.2) is 40.0 Å². The van der Waals surface area contributed by atoms with E-state index < -0.39 is 0 Å². The van der Waals surface area contributed by atoms with Gasteiger partial charge in [-0.05, 0) is 37.1 Å². The molecule has 0 unspecified atom stereocenters. The zero-order valence-corrected chi connectivity index (χ0v) is 16.3. The first-order valence-electron chi connectivity index (χ1n) is 10.0. The lowest BCUT2D eigenvalue weighted by molar-refractivity contribution is 0.0479. The maximum absolute atomic E-state index is 13.3. The Balaban J connectivity index is 1.48. The minimum absolute atomic E-state index is 0.0366. The van der Waals surface area contributed by atoms with Gasteiger partial charge in [0.15, 0.2) is 5.76 Å². The van der Waals surface area contributed by atoms with Gasteiger partial charge in [-0.15, -0.1) is 0 Å². The fourth-order valence-corrected chi connectivity index (χ4v) is 3.89. The molecule has 0 bridgehead atoms. The summed E-state index contributed by atoms with van der Waals surface area (Å²) < 4.78 is 11.5. The monoisotopic (exact) mass is 403 g/mol. The van der Waals surface area contributed by atoms with E-state index in [0.29, 0.717) is 35.5 Å². The minimum atomic E-state index is -0.252. The molecule has 0 aliphatic carbocycles. The summed E-state index contributed by atoms with van der Waals surface area (Å²) in [5.41, 5.74) is 1.04. The Kier molecular flexibility index (Phi) is 4.80. The summed E-state index contributed by atoms with van der Waals surface area (Å²) in [6.07, 6.45) is 1.83. The average Bonchev–Trinajstić information content (AvgIpc) is 3.42. The highest BCUT2D eigenvalue weighted by atomic mass is 16.5. The number of amides is 1. The van der Waals surface area contributed by atoms with Crippen molar-refractivity contribution in [2.45, 2.75) is 25.5 Å². The number of aromatic nitrogens is 2. The smallest absolute Gasteiger partial charge is 0.290 e. The van der Waals surface area contributed by atoms with Crippen molar-refractivity contribution < 1.29 is 13.9 Å². The van der Waals surface area contributed by atoms with E-state index >= 15 is 0 Å². The van der Waals surface area contributed by atoms with Gasteiger partial charge >= 0.3 is 0 Å². The van der Waals surface area contributed by atoms with E-state index in [1.165, 1.54) is 0 Å². The fourth-order valence-electron chi connectivity index (χ4n) is 3.89. The second-order valence-electron chi connectivity index (χ2n) is 7.50. The maximum Gasteiger partial charge on any atom is 0.290 e. The van der Waals surface area contributed by atoms with Crippen LogP contribution >= 0.6 is 0 Å². The predicted octanol–water partition coefficient (Wildman–Crippen LogP) is 3.49. The Bertz CT molecular complexity index is 1240. The van der Waals surface area contributed by atoms with E-state index in [2.05, 4.69) is 9.97 Å². The third-order valence-corrected chi connectivity index (χ3v) is 5.37. The zero-order chi connectivity index (χ0) is 20.5. The number of fused-ring (bicyclic) bond motifs is 2. The molecule has 30 heavy (non-hydrogen) atoms. The van der Waals surface area contributed by atoms with Crippen LogP contribution in [0, 0.1) is 0 Å². The summed E-state index contributed by atoms with van der Waals surface area (Å²) in [6, 6.07) is 16.4. The van der Waals surface area contributed by atoms with Crippen molar-refractivity contribution >= 4 is 27.8 Å². The van der Waals surface area contributed by atoms with Crippen molar-refractivity contribution in [3.63, 3.8) is 0 Å². The van der Waals surface area contributed by atoms with Crippen LogP contribution in [0.25, 0.3) is 21.9 Å². The number of hydrogen-bond acceptors (Lipinski definition) is 5. The van der Waals surface area contributed by atoms with Gasteiger partial charge in [0, 0.05) is 18.5 Å². The number of hydrogen-bond donors (Lipinski definition) is 1. The Labute approximate surface area is 172 Å². The Morgan fingerprint density at radius 1 is 1.17 bits per heavy atom. The molecule has 1 N–H and O–H groups in total. The van der Waals surface area contributed by atoms with Gasteiger partial charge in [-0.3, -0.25) is 9.59 Å². The van der Waals surface area contributed by atoms with E-state index in [9.17, 15) is 9.59 Å². The third kappa shape index (κ3) is 3.59. The number of nitrogens with one attached hydrogen (secondary N) is 1. The van der Waals surface area contributed by atoms with Crippen LogP contribution in [0.15, 0.2) is 63.8 Å². The molecule has 1 amide bonds. The number of aromatic amines is 1. The quantitative estimate of drug-likeness (QED) is 0.551. The molecule has 1 fully saturated rings. The molecule has 0 saturated carbocycles. The number of carbonyl (C=O) groups is 1. The number of benzene rings is 2. The second-order valence-corrected chi connectivity index (χ2v) is 7.50. The van der Waals surface area contributed by atoms with Crippen LogP contribution < -0.4 is 5.56 Å². The van der Waals surface area contributed by atoms with Gasteiger partial charge < -0.3 is 19.0 Å². The number of carbonyl (C=O) groups excluding carboxylic acids is 1. The van der Waals surface area contributed by atoms with Crippen LogP contribution in [0.4, 0.5) is 0 Å². The van der Waals surface area contributed by atoms with Crippen LogP contribution in [0.2, 0.25) is 0 Å². The number of rotatable bonds is 5. The van der Waals surface area contributed by atoms with Crippen LogP contribution in [0.3, 0.4) is 0 Å². The molecule has 2 aromatic heterocycles. The summed E-state index contributed by atoms with van der Waals surface area (Å²) in [5.74, 6) is 0.441. The lowest BCUT2D eigenvalue weighted by Crippen LogP contribution is -2.37. The topological polar surface area (TPSA) is 88.4 Å². The van der Waals surface area contributed by atoms with E-state index in [-0.39, 0.29) is 29.9 Å². The van der Waals surface area contributed by atoms with Crippen molar-refractivity contribution in [1.82, 2.24) is 14.9 Å². The summed E-state index contributed by atoms with van der Waals surface area (Å²) >= 11 is 0. The van der Waals surface area contributed by atoms with Gasteiger partial charge in [0.1, 0.15) is 11.4 Å². The Morgan fingerprint density at radius 2 is 2.00 bits per heavy atom. The molecule has 5 rings (SSSR count). The molecule has 1 aliphatic heterocycles. The lowest BCUT2D eigenvalue weighted by atomic mass is 10.2. The first kappa shape index (κ1) is 18.6. The molecule has 1 aliphatic rings. The first-order chi connectivity index (χ1) is 14.7. The summed E-state index contributed by atoms with van der Waals surface area (Å²) in [5, 5.41) is 1.39. The minimum Gasteiger partial charge on any atom is -0.451 e. The fraction of sp³-hybridized carbons (Fsp3) is 0.261. The number of para-hydroxylation sites is 2. The molecule has 0 radical (unpaired) electrons. The SMILES string of the molecule is O=C(c1cc2ccccc2o1)N(Cc1nc2ccccc2c(=O)[nH]1)C[C@@H]1CCCO1. The number of H-pyrrole nitrogens is 1. The summed E-state index contributed by atoms with van der Waals surface area (Å²) in [7, 11) is 0. The second kappa shape index (κ2) is 7.76. The highest BCUT2D eigenvalue weighted by molar-refractivity contribution is 5.96. The molecule has 7 nitrogen and oxygen atoms in total. The van der Waals surface area contributed by atoms with Gasteiger partial charge in [0.05, 0.1) is 23.6 Å². The standard InChI is InChI=1S/C23H21N3O4/c27-22-17-8-2-3-9-18(17)24-21(25-22)14-26(13-16-7-5-11-29-16)23(28)20-12-15-6-1-4-10-19(15)30-20/h1-4,6,8-10,12,16H,5,7,11,13-14H2,(H,24,25,27)/t16-/m0/s1. The molecule has 0 spiro atoms.